The van der Waals surface area contributed by atoms with Crippen LogP contribution in [-0.4, -0.2) is 23.0 Å². The highest BCUT2D eigenvalue weighted by Crippen LogP contribution is 2.34. The highest BCUT2D eigenvalue weighted by molar-refractivity contribution is 8.01. The Bertz CT molecular complexity index is 465. The summed E-state index contributed by atoms with van der Waals surface area (Å²) < 4.78 is 0.112. The summed E-state index contributed by atoms with van der Waals surface area (Å²) in [5.41, 5.74) is 8.80. The summed E-state index contributed by atoms with van der Waals surface area (Å²) >= 11 is 1.68. The van der Waals surface area contributed by atoms with Gasteiger partial charge < -0.3 is 10.6 Å². The van der Waals surface area contributed by atoms with Crippen molar-refractivity contribution < 1.29 is 4.79 Å². The van der Waals surface area contributed by atoms with Crippen molar-refractivity contribution in [2.24, 2.45) is 0 Å². The summed E-state index contributed by atoms with van der Waals surface area (Å²) in [5.74, 6) is 0.670. The molecule has 1 aliphatic heterocycles. The van der Waals surface area contributed by atoms with Crippen molar-refractivity contribution in [2.75, 3.05) is 22.9 Å². The first-order valence-corrected chi connectivity index (χ1v) is 7.19. The number of thioether (sulfide) groups is 1. The van der Waals surface area contributed by atoms with Crippen molar-refractivity contribution in [3.8, 4) is 0 Å². The molecule has 0 radical (unpaired) electrons. The largest absolute Gasteiger partial charge is 0.397 e. The van der Waals surface area contributed by atoms with Gasteiger partial charge >= 0.3 is 0 Å². The van der Waals surface area contributed by atoms with Gasteiger partial charge in [0.15, 0.2) is 0 Å². The van der Waals surface area contributed by atoms with Gasteiger partial charge in [-0.05, 0) is 18.1 Å². The summed E-state index contributed by atoms with van der Waals surface area (Å²) in [6.07, 6.45) is 0.909. The molecule has 0 saturated heterocycles. The predicted octanol–water partition coefficient (Wildman–Crippen LogP) is 2.69. The van der Waals surface area contributed by atoms with Crippen LogP contribution < -0.4 is 10.6 Å². The Balaban J connectivity index is 2.11. The lowest BCUT2D eigenvalue weighted by molar-refractivity contribution is -0.116. The van der Waals surface area contributed by atoms with Crippen molar-refractivity contribution in [2.45, 2.75) is 31.9 Å². The van der Waals surface area contributed by atoms with Crippen LogP contribution in [0.1, 0.15) is 26.3 Å². The minimum atomic E-state index is 0.112. The number of carbonyl (C=O) groups excluding carboxylic acids is 1. The van der Waals surface area contributed by atoms with E-state index in [1.165, 1.54) is 5.56 Å². The van der Waals surface area contributed by atoms with Gasteiger partial charge in [-0.1, -0.05) is 32.9 Å². The van der Waals surface area contributed by atoms with Crippen molar-refractivity contribution in [3.63, 3.8) is 0 Å². The molecular weight excluding hydrogens is 244 g/mol. The number of nitrogens with two attached hydrogens (primary N) is 1. The quantitative estimate of drug-likeness (QED) is 0.835. The van der Waals surface area contributed by atoms with Crippen LogP contribution in [0.25, 0.3) is 0 Å². The van der Waals surface area contributed by atoms with E-state index in [4.69, 9.17) is 5.73 Å². The number of nitrogens with zero attached hydrogens (tertiary/aromatic N) is 1. The fraction of sp³-hybridized carbons (Fsp3) is 0.500. The van der Waals surface area contributed by atoms with Crippen LogP contribution in [0.3, 0.4) is 0 Å². The molecule has 0 aromatic heterocycles. The molecule has 0 fully saturated rings. The number of rotatable bonds is 2. The molecule has 1 heterocycles. The average Bonchev–Trinajstić information content (AvgIpc) is 2.70. The zero-order chi connectivity index (χ0) is 13.3. The van der Waals surface area contributed by atoms with E-state index in [-0.39, 0.29) is 10.7 Å². The SMILES string of the molecule is CC(C)(C)SCC(=O)N1CCc2cccc(N)c21. The smallest absolute Gasteiger partial charge is 0.237 e. The Morgan fingerprint density at radius 3 is 2.83 bits per heavy atom. The van der Waals surface area contributed by atoms with Crippen LogP contribution >= 0.6 is 11.8 Å². The number of nitrogen functional groups attached to an aromatic ring is 1. The van der Waals surface area contributed by atoms with Gasteiger partial charge in [0, 0.05) is 11.3 Å². The molecule has 2 rings (SSSR count). The molecule has 1 aliphatic rings. The van der Waals surface area contributed by atoms with Gasteiger partial charge in [0.25, 0.3) is 0 Å². The number of fused-ring (bicyclic) bond motifs is 1. The number of para-hydroxylation sites is 1. The van der Waals surface area contributed by atoms with Crippen molar-refractivity contribution in [3.05, 3.63) is 23.8 Å². The second-order valence-corrected chi connectivity index (χ2v) is 7.35. The molecule has 0 aliphatic carbocycles. The monoisotopic (exact) mass is 264 g/mol. The summed E-state index contributed by atoms with van der Waals surface area (Å²) in [7, 11) is 0. The highest BCUT2D eigenvalue weighted by atomic mass is 32.2. The average molecular weight is 264 g/mol. The topological polar surface area (TPSA) is 46.3 Å². The Morgan fingerprint density at radius 2 is 2.17 bits per heavy atom. The number of hydrogen-bond donors (Lipinski definition) is 1. The van der Waals surface area contributed by atoms with E-state index in [1.807, 2.05) is 17.0 Å². The maximum Gasteiger partial charge on any atom is 0.237 e. The summed E-state index contributed by atoms with van der Waals surface area (Å²) in [6, 6.07) is 5.86. The summed E-state index contributed by atoms with van der Waals surface area (Å²) in [6.45, 7) is 7.12. The molecule has 0 saturated carbocycles. The van der Waals surface area contributed by atoms with E-state index in [9.17, 15) is 4.79 Å². The Morgan fingerprint density at radius 1 is 1.44 bits per heavy atom. The molecule has 1 amide bonds. The first-order chi connectivity index (χ1) is 8.38. The van der Waals surface area contributed by atoms with Crippen molar-refractivity contribution in [1.29, 1.82) is 0 Å². The van der Waals surface area contributed by atoms with Gasteiger partial charge in [0.2, 0.25) is 5.91 Å². The number of amides is 1. The summed E-state index contributed by atoms with van der Waals surface area (Å²) in [4.78, 5) is 14.1. The molecule has 3 nitrogen and oxygen atoms in total. The third kappa shape index (κ3) is 2.80. The minimum absolute atomic E-state index is 0.112. The number of anilines is 2. The maximum absolute atomic E-state index is 12.3. The standard InChI is InChI=1S/C14H20N2OS/c1-14(2,3)18-9-12(17)16-8-7-10-5-4-6-11(15)13(10)16/h4-6H,7-9,15H2,1-3H3. The number of hydrogen-bond acceptors (Lipinski definition) is 3. The molecule has 1 aromatic rings. The highest BCUT2D eigenvalue weighted by Gasteiger charge is 2.27. The first-order valence-electron chi connectivity index (χ1n) is 6.20. The third-order valence-corrected chi connectivity index (χ3v) is 4.21. The van der Waals surface area contributed by atoms with Crippen LogP contribution in [0.4, 0.5) is 11.4 Å². The number of benzene rings is 1. The zero-order valence-corrected chi connectivity index (χ0v) is 12.0. The Labute approximate surface area is 113 Å². The van der Waals surface area contributed by atoms with E-state index in [2.05, 4.69) is 26.8 Å². The molecule has 0 spiro atoms. The molecule has 98 valence electrons. The lowest BCUT2D eigenvalue weighted by Gasteiger charge is -2.22. The fourth-order valence-corrected chi connectivity index (χ4v) is 2.80. The Kier molecular flexibility index (Phi) is 3.57. The second-order valence-electron chi connectivity index (χ2n) is 5.55. The van der Waals surface area contributed by atoms with Gasteiger partial charge in [-0.25, -0.2) is 0 Å². The van der Waals surface area contributed by atoms with Crippen molar-refractivity contribution in [1.82, 2.24) is 0 Å². The summed E-state index contributed by atoms with van der Waals surface area (Å²) in [5, 5.41) is 0. The number of carbonyl (C=O) groups is 1. The molecule has 4 heteroatoms. The molecule has 18 heavy (non-hydrogen) atoms. The van der Waals surface area contributed by atoms with E-state index in [0.717, 1.165) is 18.7 Å². The molecule has 0 unspecified atom stereocenters. The maximum atomic E-state index is 12.3. The van der Waals surface area contributed by atoms with Gasteiger partial charge in [-0.2, -0.15) is 0 Å². The van der Waals surface area contributed by atoms with E-state index >= 15 is 0 Å². The normalized spacial score (nSPS) is 14.7. The van der Waals surface area contributed by atoms with Gasteiger partial charge in [-0.15, -0.1) is 11.8 Å². The molecule has 0 atom stereocenters. The minimum Gasteiger partial charge on any atom is -0.397 e. The molecule has 2 N–H and O–H groups in total. The van der Waals surface area contributed by atoms with E-state index in [0.29, 0.717) is 11.4 Å². The molecular formula is C14H20N2OS. The molecule has 0 bridgehead atoms. The first kappa shape index (κ1) is 13.3. The van der Waals surface area contributed by atoms with Crippen LogP contribution in [0.15, 0.2) is 18.2 Å². The van der Waals surface area contributed by atoms with Crippen LogP contribution in [0.5, 0.6) is 0 Å². The van der Waals surface area contributed by atoms with E-state index in [1.54, 1.807) is 11.8 Å². The second kappa shape index (κ2) is 4.84. The lowest BCUT2D eigenvalue weighted by atomic mass is 10.1. The van der Waals surface area contributed by atoms with Gasteiger partial charge in [-0.3, -0.25) is 4.79 Å². The van der Waals surface area contributed by atoms with Crippen LogP contribution in [0.2, 0.25) is 0 Å². The lowest BCUT2D eigenvalue weighted by Crippen LogP contribution is -2.32. The van der Waals surface area contributed by atoms with Crippen LogP contribution in [-0.2, 0) is 11.2 Å². The fourth-order valence-electron chi connectivity index (χ4n) is 2.09. The van der Waals surface area contributed by atoms with Crippen molar-refractivity contribution >= 4 is 29.0 Å². The van der Waals surface area contributed by atoms with Gasteiger partial charge in [0.1, 0.15) is 0 Å². The third-order valence-electron chi connectivity index (χ3n) is 2.96. The van der Waals surface area contributed by atoms with Gasteiger partial charge in [0.05, 0.1) is 17.1 Å². The zero-order valence-electron chi connectivity index (χ0n) is 11.2. The molecule has 1 aromatic carbocycles. The Hall–Kier alpha value is -1.16. The van der Waals surface area contributed by atoms with Crippen LogP contribution in [0, 0.1) is 0 Å². The van der Waals surface area contributed by atoms with E-state index < -0.39 is 0 Å². The predicted molar refractivity (Wildman–Crippen MR) is 79.1 cm³/mol.